The molecule has 76 valence electrons. The van der Waals surface area contributed by atoms with Gasteiger partial charge in [-0.3, -0.25) is 9.59 Å². The second kappa shape index (κ2) is 2.59. The summed E-state index contributed by atoms with van der Waals surface area (Å²) in [7, 11) is 0. The zero-order valence-electron chi connectivity index (χ0n) is 7.98. The van der Waals surface area contributed by atoms with Gasteiger partial charge in [0.25, 0.3) is 0 Å². The largest absolute Gasteiger partial charge is 0.481 e. The van der Waals surface area contributed by atoms with Crippen LogP contribution in [0, 0.1) is 29.6 Å². The molecule has 4 rings (SSSR count). The van der Waals surface area contributed by atoms with Crippen LogP contribution in [0.2, 0.25) is 0 Å². The van der Waals surface area contributed by atoms with Gasteiger partial charge in [-0.25, -0.2) is 0 Å². The highest BCUT2D eigenvalue weighted by atomic mass is 16.4. The number of Topliss-reactive ketones (excluding diaryl/α,β-unsaturated/α-hetero) is 1. The van der Waals surface area contributed by atoms with E-state index in [4.69, 9.17) is 5.11 Å². The summed E-state index contributed by atoms with van der Waals surface area (Å²) in [6, 6.07) is 0. The van der Waals surface area contributed by atoms with E-state index in [9.17, 15) is 9.59 Å². The van der Waals surface area contributed by atoms with Gasteiger partial charge in [-0.2, -0.15) is 0 Å². The standard InChI is InChI=1S/C11H14O3/c12-10-7-2-5-1-6(4-7)9(11(13)14)8(10)3-5/h5-9H,1-4H2,(H,13,14)/t5-,6+,7+,8+,9-/m0/s1. The van der Waals surface area contributed by atoms with Gasteiger partial charge in [-0.05, 0) is 37.5 Å². The lowest BCUT2D eigenvalue weighted by atomic mass is 9.51. The van der Waals surface area contributed by atoms with Gasteiger partial charge < -0.3 is 5.11 Å². The van der Waals surface area contributed by atoms with Crippen molar-refractivity contribution in [2.75, 3.05) is 0 Å². The van der Waals surface area contributed by atoms with Crippen molar-refractivity contribution in [2.24, 2.45) is 29.6 Å². The molecule has 3 nitrogen and oxygen atoms in total. The fraction of sp³-hybridized carbons (Fsp3) is 0.818. The van der Waals surface area contributed by atoms with Crippen LogP contribution in [0.5, 0.6) is 0 Å². The van der Waals surface area contributed by atoms with Crippen LogP contribution in [-0.4, -0.2) is 16.9 Å². The van der Waals surface area contributed by atoms with E-state index < -0.39 is 5.97 Å². The summed E-state index contributed by atoms with van der Waals surface area (Å²) in [6.45, 7) is 0. The predicted octanol–water partition coefficient (Wildman–Crippen LogP) is 1.32. The van der Waals surface area contributed by atoms with E-state index in [1.165, 1.54) is 0 Å². The summed E-state index contributed by atoms with van der Waals surface area (Å²) in [5.74, 6) is 0.189. The number of hydrogen-bond donors (Lipinski definition) is 1. The van der Waals surface area contributed by atoms with E-state index in [1.54, 1.807) is 0 Å². The Bertz CT molecular complexity index is 310. The van der Waals surface area contributed by atoms with Gasteiger partial charge in [0.05, 0.1) is 5.92 Å². The highest BCUT2D eigenvalue weighted by molar-refractivity contribution is 5.90. The number of carbonyl (C=O) groups excluding carboxylic acids is 1. The molecule has 0 spiro atoms. The molecule has 4 aliphatic carbocycles. The fourth-order valence-corrected chi connectivity index (χ4v) is 4.01. The molecule has 0 aromatic rings. The average molecular weight is 194 g/mol. The molecule has 4 saturated carbocycles. The Balaban J connectivity index is 1.97. The van der Waals surface area contributed by atoms with Crippen molar-refractivity contribution in [3.8, 4) is 0 Å². The quantitative estimate of drug-likeness (QED) is 0.685. The van der Waals surface area contributed by atoms with Gasteiger partial charge in [-0.15, -0.1) is 0 Å². The molecule has 0 unspecified atom stereocenters. The van der Waals surface area contributed by atoms with Crippen molar-refractivity contribution in [3.63, 3.8) is 0 Å². The fourth-order valence-electron chi connectivity index (χ4n) is 4.01. The lowest BCUT2D eigenvalue weighted by Crippen LogP contribution is -2.53. The smallest absolute Gasteiger partial charge is 0.307 e. The molecule has 4 aliphatic rings. The molecule has 0 aromatic carbocycles. The van der Waals surface area contributed by atoms with Crippen molar-refractivity contribution in [3.05, 3.63) is 0 Å². The summed E-state index contributed by atoms with van der Waals surface area (Å²) >= 11 is 0. The summed E-state index contributed by atoms with van der Waals surface area (Å²) in [5, 5.41) is 9.11. The maximum absolute atomic E-state index is 11.8. The first-order valence-corrected chi connectivity index (χ1v) is 5.43. The van der Waals surface area contributed by atoms with E-state index in [0.29, 0.717) is 11.8 Å². The van der Waals surface area contributed by atoms with E-state index in [-0.39, 0.29) is 23.5 Å². The molecular formula is C11H14O3. The summed E-state index contributed by atoms with van der Waals surface area (Å²) < 4.78 is 0. The highest BCUT2D eigenvalue weighted by Gasteiger charge is 2.55. The van der Waals surface area contributed by atoms with Crippen LogP contribution in [0.15, 0.2) is 0 Å². The lowest BCUT2D eigenvalue weighted by molar-refractivity contribution is -0.164. The molecule has 0 saturated heterocycles. The van der Waals surface area contributed by atoms with E-state index in [2.05, 4.69) is 0 Å². The number of rotatable bonds is 1. The van der Waals surface area contributed by atoms with Crippen LogP contribution < -0.4 is 0 Å². The maximum Gasteiger partial charge on any atom is 0.307 e. The minimum atomic E-state index is -0.743. The van der Waals surface area contributed by atoms with E-state index in [1.807, 2.05) is 0 Å². The SMILES string of the molecule is O=C(O)[C@H]1[C@@H]2C[C@H]3C[C@H](C2)C(=O)[C@@H]1C3. The minimum Gasteiger partial charge on any atom is -0.481 e. The Morgan fingerprint density at radius 3 is 2.71 bits per heavy atom. The number of aliphatic carboxylic acids is 1. The number of hydrogen-bond acceptors (Lipinski definition) is 2. The topological polar surface area (TPSA) is 54.4 Å². The van der Waals surface area contributed by atoms with Gasteiger partial charge in [0.2, 0.25) is 0 Å². The monoisotopic (exact) mass is 194 g/mol. The molecule has 4 fully saturated rings. The zero-order valence-corrected chi connectivity index (χ0v) is 7.98. The van der Waals surface area contributed by atoms with Gasteiger partial charge in [-0.1, -0.05) is 0 Å². The Hall–Kier alpha value is -0.860. The second-order valence-electron chi connectivity index (χ2n) is 5.14. The summed E-state index contributed by atoms with van der Waals surface area (Å²) in [6.07, 6.45) is 3.79. The van der Waals surface area contributed by atoms with Crippen molar-refractivity contribution in [1.82, 2.24) is 0 Å². The Kier molecular flexibility index (Phi) is 1.56. The number of ketones is 1. The third kappa shape index (κ3) is 0.928. The van der Waals surface area contributed by atoms with Gasteiger partial charge >= 0.3 is 5.97 Å². The molecule has 5 atom stereocenters. The zero-order chi connectivity index (χ0) is 9.87. The van der Waals surface area contributed by atoms with Crippen molar-refractivity contribution in [2.45, 2.75) is 25.7 Å². The van der Waals surface area contributed by atoms with Gasteiger partial charge in [0.15, 0.2) is 0 Å². The minimum absolute atomic E-state index is 0.135. The molecule has 0 radical (unpaired) electrons. The average Bonchev–Trinajstić information content (AvgIpc) is 2.12. The third-order valence-electron chi connectivity index (χ3n) is 4.42. The van der Waals surface area contributed by atoms with Crippen LogP contribution in [-0.2, 0) is 9.59 Å². The molecule has 3 heteroatoms. The number of carboxylic acids is 1. The van der Waals surface area contributed by atoms with E-state index in [0.717, 1.165) is 25.7 Å². The van der Waals surface area contributed by atoms with Crippen LogP contribution >= 0.6 is 0 Å². The number of carbonyl (C=O) groups is 2. The summed E-state index contributed by atoms with van der Waals surface area (Å²) in [4.78, 5) is 22.9. The number of carboxylic acid groups (broad SMARTS) is 1. The Morgan fingerprint density at radius 2 is 2.00 bits per heavy atom. The molecule has 14 heavy (non-hydrogen) atoms. The van der Waals surface area contributed by atoms with Crippen molar-refractivity contribution >= 4 is 11.8 Å². The van der Waals surface area contributed by atoms with Crippen molar-refractivity contribution in [1.29, 1.82) is 0 Å². The highest BCUT2D eigenvalue weighted by Crippen LogP contribution is 2.54. The Morgan fingerprint density at radius 1 is 1.21 bits per heavy atom. The first-order chi connectivity index (χ1) is 6.66. The first kappa shape index (κ1) is 8.45. The molecule has 1 N–H and O–H groups in total. The first-order valence-electron chi connectivity index (χ1n) is 5.43. The van der Waals surface area contributed by atoms with Gasteiger partial charge in [0, 0.05) is 11.8 Å². The van der Waals surface area contributed by atoms with E-state index >= 15 is 0 Å². The van der Waals surface area contributed by atoms with Crippen LogP contribution in [0.1, 0.15) is 25.7 Å². The maximum atomic E-state index is 11.8. The summed E-state index contributed by atoms with van der Waals surface area (Å²) in [5.41, 5.74) is 0. The molecule has 0 aromatic heterocycles. The molecule has 4 bridgehead atoms. The van der Waals surface area contributed by atoms with Crippen LogP contribution in [0.3, 0.4) is 0 Å². The molecular weight excluding hydrogens is 180 g/mol. The van der Waals surface area contributed by atoms with Gasteiger partial charge in [0.1, 0.15) is 5.78 Å². The van der Waals surface area contributed by atoms with Crippen LogP contribution in [0.4, 0.5) is 0 Å². The predicted molar refractivity (Wildman–Crippen MR) is 48.6 cm³/mol. The molecule has 0 amide bonds. The second-order valence-corrected chi connectivity index (χ2v) is 5.14. The van der Waals surface area contributed by atoms with Crippen molar-refractivity contribution < 1.29 is 14.7 Å². The van der Waals surface area contributed by atoms with Crippen LogP contribution in [0.25, 0.3) is 0 Å². The Labute approximate surface area is 82.5 Å². The molecule has 0 aliphatic heterocycles. The third-order valence-corrected chi connectivity index (χ3v) is 4.42. The normalized spacial score (nSPS) is 49.7. The lowest BCUT2D eigenvalue weighted by Gasteiger charge is -2.51. The molecule has 0 heterocycles.